The maximum absolute atomic E-state index is 3.00. The minimum absolute atomic E-state index is 0.542. The maximum Gasteiger partial charge on any atom is -0.0204 e. The van der Waals surface area contributed by atoms with Gasteiger partial charge in [0.05, 0.1) is 0 Å². The third-order valence-electron chi connectivity index (χ3n) is 12.4. The van der Waals surface area contributed by atoms with Crippen LogP contribution in [-0.4, -0.2) is 0 Å². The van der Waals surface area contributed by atoms with Crippen LogP contribution in [0, 0.1) is 58.2 Å². The standard InChI is InChI=1S/C27H52.C11H22.C6H14.C2H6.C2H4/c1-8-11-14-16-23(6)27(20-15-12-9-2)21-25(19-18-22(4)5)24(7)26(27)17-13-10-3;1-4-11-9(2)7-5-6-8-10(11)3;1-5-6(2,3)4;2*1-2/h12,15,22-26H,8-11,13-14,16-21H2,1-7H3;9-11H,4-8H2,1-3H3;5H2,1-4H3;1-2H3;1-2H2/b15-12-;;;;. The lowest BCUT2D eigenvalue weighted by molar-refractivity contribution is 0.0807. The van der Waals surface area contributed by atoms with Gasteiger partial charge in [0, 0.05) is 0 Å². The Labute approximate surface area is 309 Å². The van der Waals surface area contributed by atoms with Gasteiger partial charge in [-0.2, -0.15) is 0 Å². The monoisotopic (exact) mass is 675 g/mol. The lowest BCUT2D eigenvalue weighted by atomic mass is 9.62. The third-order valence-corrected chi connectivity index (χ3v) is 12.4. The molecule has 0 aromatic rings. The highest BCUT2D eigenvalue weighted by Gasteiger charge is 2.52. The van der Waals surface area contributed by atoms with E-state index < -0.39 is 0 Å². The van der Waals surface area contributed by atoms with E-state index in [9.17, 15) is 0 Å². The van der Waals surface area contributed by atoms with Crippen LogP contribution in [-0.2, 0) is 0 Å². The second kappa shape index (κ2) is 31.2. The summed E-state index contributed by atoms with van der Waals surface area (Å²) in [6.07, 6.45) is 30.3. The molecule has 0 heterocycles. The second-order valence-corrected chi connectivity index (χ2v) is 17.5. The van der Waals surface area contributed by atoms with Gasteiger partial charge in [-0.3, -0.25) is 0 Å². The Morgan fingerprint density at radius 2 is 1.27 bits per heavy atom. The SMILES string of the molecule is C=C.CC.CC/C=C\CC1(C(C)CCCCC)CC(CCC(C)C)C(C)C1CCCC.CCC(C)(C)C.CCC1C(C)CCCCC1C. The van der Waals surface area contributed by atoms with E-state index in [0.717, 1.165) is 47.3 Å². The third kappa shape index (κ3) is 21.6. The first-order valence-electron chi connectivity index (χ1n) is 21.9. The fourth-order valence-corrected chi connectivity index (χ4v) is 8.75. The molecule has 0 radical (unpaired) electrons. The molecule has 0 N–H and O–H groups in total. The Morgan fingerprint density at radius 1 is 0.750 bits per heavy atom. The number of allylic oxidation sites excluding steroid dienone is 2. The van der Waals surface area contributed by atoms with Gasteiger partial charge in [0.25, 0.3) is 0 Å². The molecule has 0 heteroatoms. The smallest absolute Gasteiger partial charge is 0.0204 e. The molecule has 7 unspecified atom stereocenters. The molecular formula is C48H98. The van der Waals surface area contributed by atoms with Crippen molar-refractivity contribution in [2.45, 2.75) is 226 Å². The van der Waals surface area contributed by atoms with Gasteiger partial charge in [0.1, 0.15) is 0 Å². The normalized spacial score (nSPS) is 27.7. The summed E-state index contributed by atoms with van der Waals surface area (Å²) in [5.74, 6) is 7.51. The van der Waals surface area contributed by atoms with E-state index in [1.807, 2.05) is 13.8 Å². The topological polar surface area (TPSA) is 0 Å². The highest BCUT2D eigenvalue weighted by molar-refractivity contribution is 5.05. The number of hydrogen-bond donors (Lipinski definition) is 0. The van der Waals surface area contributed by atoms with Crippen molar-refractivity contribution >= 4 is 0 Å². The molecule has 0 saturated heterocycles. The van der Waals surface area contributed by atoms with Gasteiger partial charge in [0.15, 0.2) is 0 Å². The number of rotatable bonds is 15. The Bertz CT molecular complexity index is 681. The lowest BCUT2D eigenvalue weighted by Gasteiger charge is -2.42. The lowest BCUT2D eigenvalue weighted by Crippen LogP contribution is -2.34. The Balaban J connectivity index is -0.000000785. The van der Waals surface area contributed by atoms with E-state index in [1.165, 1.54) is 116 Å². The summed E-state index contributed by atoms with van der Waals surface area (Å²) < 4.78 is 0. The average molecular weight is 675 g/mol. The molecule has 2 fully saturated rings. The number of hydrogen-bond acceptors (Lipinski definition) is 0. The molecule has 48 heavy (non-hydrogen) atoms. The first kappa shape index (κ1) is 51.8. The van der Waals surface area contributed by atoms with Crippen LogP contribution in [0.1, 0.15) is 226 Å². The van der Waals surface area contributed by atoms with Gasteiger partial charge in [-0.25, -0.2) is 0 Å². The van der Waals surface area contributed by atoms with Crippen molar-refractivity contribution in [3.05, 3.63) is 25.3 Å². The second-order valence-electron chi connectivity index (χ2n) is 17.5. The predicted molar refractivity (Wildman–Crippen MR) is 227 cm³/mol. The highest BCUT2D eigenvalue weighted by atomic mass is 14.6. The minimum Gasteiger partial charge on any atom is -0.106 e. The largest absolute Gasteiger partial charge is 0.106 e. The zero-order valence-electron chi connectivity index (χ0n) is 36.9. The van der Waals surface area contributed by atoms with Crippen molar-refractivity contribution in [1.82, 2.24) is 0 Å². The van der Waals surface area contributed by atoms with Crippen LogP contribution in [0.25, 0.3) is 0 Å². The highest BCUT2D eigenvalue weighted by Crippen LogP contribution is 2.60. The van der Waals surface area contributed by atoms with Gasteiger partial charge in [-0.15, -0.1) is 13.2 Å². The summed E-state index contributed by atoms with van der Waals surface area (Å²) in [6.45, 7) is 43.2. The van der Waals surface area contributed by atoms with Gasteiger partial charge >= 0.3 is 0 Å². The Kier molecular flexibility index (Phi) is 33.7. The van der Waals surface area contributed by atoms with E-state index in [-0.39, 0.29) is 0 Å². The van der Waals surface area contributed by atoms with Gasteiger partial charge in [-0.1, -0.05) is 206 Å². The van der Waals surface area contributed by atoms with Crippen molar-refractivity contribution in [2.75, 3.05) is 0 Å². The molecule has 2 saturated carbocycles. The molecular weight excluding hydrogens is 577 g/mol. The molecule has 0 aromatic heterocycles. The first-order valence-corrected chi connectivity index (χ1v) is 21.9. The van der Waals surface area contributed by atoms with E-state index in [0.29, 0.717) is 10.8 Å². The van der Waals surface area contributed by atoms with E-state index in [4.69, 9.17) is 0 Å². The Morgan fingerprint density at radius 3 is 1.69 bits per heavy atom. The molecule has 290 valence electrons. The predicted octanol–water partition coefficient (Wildman–Crippen LogP) is 17.6. The molecule has 7 atom stereocenters. The van der Waals surface area contributed by atoms with Crippen LogP contribution in [0.3, 0.4) is 0 Å². The van der Waals surface area contributed by atoms with Crippen molar-refractivity contribution in [2.24, 2.45) is 58.2 Å². The summed E-state index contributed by atoms with van der Waals surface area (Å²) in [7, 11) is 0. The van der Waals surface area contributed by atoms with Gasteiger partial charge < -0.3 is 0 Å². The summed E-state index contributed by atoms with van der Waals surface area (Å²) in [4.78, 5) is 0. The van der Waals surface area contributed by atoms with Crippen LogP contribution in [0.2, 0.25) is 0 Å². The number of unbranched alkanes of at least 4 members (excludes halogenated alkanes) is 3. The molecule has 2 aliphatic rings. The van der Waals surface area contributed by atoms with Crippen molar-refractivity contribution in [3.8, 4) is 0 Å². The molecule has 0 spiro atoms. The van der Waals surface area contributed by atoms with E-state index >= 15 is 0 Å². The molecule has 0 aliphatic heterocycles. The van der Waals surface area contributed by atoms with E-state index in [2.05, 4.69) is 122 Å². The maximum atomic E-state index is 3.00. The summed E-state index contributed by atoms with van der Waals surface area (Å²) in [5.41, 5.74) is 1.11. The molecule has 0 nitrogen and oxygen atoms in total. The van der Waals surface area contributed by atoms with Gasteiger partial charge in [-0.05, 0) is 90.3 Å². The first-order chi connectivity index (χ1) is 22.7. The fourth-order valence-electron chi connectivity index (χ4n) is 8.75. The van der Waals surface area contributed by atoms with Crippen molar-refractivity contribution < 1.29 is 0 Å². The summed E-state index contributed by atoms with van der Waals surface area (Å²) in [6, 6.07) is 0. The van der Waals surface area contributed by atoms with Crippen LogP contribution in [0.4, 0.5) is 0 Å². The van der Waals surface area contributed by atoms with Crippen LogP contribution in [0.5, 0.6) is 0 Å². The molecule has 0 bridgehead atoms. The zero-order valence-corrected chi connectivity index (χ0v) is 36.9. The fraction of sp³-hybridized carbons (Fsp3) is 0.917. The molecule has 0 aromatic carbocycles. The van der Waals surface area contributed by atoms with Crippen molar-refractivity contribution in [3.63, 3.8) is 0 Å². The quantitative estimate of drug-likeness (QED) is 0.0921. The molecule has 2 rings (SSSR count). The summed E-state index contributed by atoms with van der Waals surface area (Å²) >= 11 is 0. The Hall–Kier alpha value is -0.520. The molecule has 2 aliphatic carbocycles. The summed E-state index contributed by atoms with van der Waals surface area (Å²) in [5, 5.41) is 0. The molecule has 0 amide bonds. The zero-order chi connectivity index (χ0) is 37.8. The van der Waals surface area contributed by atoms with Crippen LogP contribution < -0.4 is 0 Å². The minimum atomic E-state index is 0.542. The van der Waals surface area contributed by atoms with E-state index in [1.54, 1.807) is 0 Å². The van der Waals surface area contributed by atoms with Gasteiger partial charge in [0.2, 0.25) is 0 Å². The van der Waals surface area contributed by atoms with Crippen molar-refractivity contribution in [1.29, 1.82) is 0 Å². The van der Waals surface area contributed by atoms with Crippen LogP contribution >= 0.6 is 0 Å². The average Bonchev–Trinajstić information content (AvgIpc) is 3.22. The van der Waals surface area contributed by atoms with Crippen LogP contribution in [0.15, 0.2) is 25.3 Å².